The van der Waals surface area contributed by atoms with Crippen LogP contribution in [0, 0.1) is 6.92 Å². The lowest BCUT2D eigenvalue weighted by molar-refractivity contribution is 0.522. The van der Waals surface area contributed by atoms with Crippen molar-refractivity contribution in [1.29, 1.82) is 0 Å². The fourth-order valence-electron chi connectivity index (χ4n) is 0.660. The number of aromatic nitrogens is 1. The number of hydrogen-bond donors (Lipinski definition) is 1. The van der Waals surface area contributed by atoms with Crippen LogP contribution >= 0.6 is 11.8 Å². The molecule has 11 heavy (non-hydrogen) atoms. The Hall–Kier alpha value is -0.480. The first-order valence-corrected chi connectivity index (χ1v) is 4.46. The highest BCUT2D eigenvalue weighted by Crippen LogP contribution is 2.13. The minimum absolute atomic E-state index is 0. The molecule has 3 nitrogen and oxygen atoms in total. The molecule has 0 aliphatic rings. The van der Waals surface area contributed by atoms with Gasteiger partial charge in [0.15, 0.2) is 6.39 Å². The summed E-state index contributed by atoms with van der Waals surface area (Å²) in [5, 5.41) is 0. The van der Waals surface area contributed by atoms with Crippen molar-refractivity contribution in [1.82, 2.24) is 11.1 Å². The minimum atomic E-state index is 0. The summed E-state index contributed by atoms with van der Waals surface area (Å²) in [5.74, 6) is 3.08. The molecule has 0 amide bonds. The van der Waals surface area contributed by atoms with Crippen LogP contribution in [0.5, 0.6) is 0 Å². The van der Waals surface area contributed by atoms with Gasteiger partial charge in [0.2, 0.25) is 0 Å². The molecule has 0 unspecified atom stereocenters. The Morgan fingerprint density at radius 1 is 1.64 bits per heavy atom. The number of oxazole rings is 1. The highest BCUT2D eigenvalue weighted by molar-refractivity contribution is 7.98. The molecule has 0 aliphatic heterocycles. The van der Waals surface area contributed by atoms with E-state index in [1.807, 2.05) is 18.7 Å². The molecule has 0 fully saturated rings. The molecule has 0 radical (unpaired) electrons. The van der Waals surface area contributed by atoms with E-state index in [1.165, 1.54) is 6.39 Å². The predicted octanol–water partition coefficient (Wildman–Crippen LogP) is 2.40. The van der Waals surface area contributed by atoms with Gasteiger partial charge in [-0.3, -0.25) is 0 Å². The van der Waals surface area contributed by atoms with Gasteiger partial charge in [-0.15, -0.1) is 0 Å². The first-order chi connectivity index (χ1) is 4.84. The van der Waals surface area contributed by atoms with Crippen LogP contribution in [0.1, 0.15) is 18.4 Å². The van der Waals surface area contributed by atoms with Gasteiger partial charge in [-0.05, 0) is 12.7 Å². The topological polar surface area (TPSA) is 61.0 Å². The Morgan fingerprint density at radius 2 is 2.36 bits per heavy atom. The quantitative estimate of drug-likeness (QED) is 0.764. The maximum absolute atomic E-state index is 5.13. The third-order valence-corrected chi connectivity index (χ3v) is 2.16. The van der Waals surface area contributed by atoms with Gasteiger partial charge in [-0.1, -0.05) is 6.92 Å². The number of aryl methyl sites for hydroxylation is 1. The van der Waals surface area contributed by atoms with Crippen molar-refractivity contribution >= 4 is 11.8 Å². The minimum Gasteiger partial charge on any atom is -0.447 e. The normalized spacial score (nSPS) is 9.27. The first-order valence-electron chi connectivity index (χ1n) is 3.31. The number of hydrogen-bond acceptors (Lipinski definition) is 4. The predicted molar refractivity (Wildman–Crippen MR) is 48.1 cm³/mol. The Bertz CT molecular complexity index is 200. The molecule has 0 spiro atoms. The van der Waals surface area contributed by atoms with Crippen LogP contribution in [0.3, 0.4) is 0 Å². The summed E-state index contributed by atoms with van der Waals surface area (Å²) in [6.45, 7) is 4.10. The van der Waals surface area contributed by atoms with Gasteiger partial charge >= 0.3 is 0 Å². The molecule has 1 aromatic heterocycles. The monoisotopic (exact) mass is 174 g/mol. The molecular weight excluding hydrogens is 160 g/mol. The molecule has 1 heterocycles. The van der Waals surface area contributed by atoms with Gasteiger partial charge in [0, 0.05) is 0 Å². The third kappa shape index (κ3) is 2.95. The summed E-state index contributed by atoms with van der Waals surface area (Å²) in [6.07, 6.45) is 1.50. The van der Waals surface area contributed by atoms with Crippen molar-refractivity contribution in [3.63, 3.8) is 0 Å². The molecule has 0 bridgehead atoms. The second kappa shape index (κ2) is 5.21. The Morgan fingerprint density at radius 3 is 2.82 bits per heavy atom. The smallest absolute Gasteiger partial charge is 0.181 e. The summed E-state index contributed by atoms with van der Waals surface area (Å²) >= 11 is 1.85. The maximum atomic E-state index is 5.13. The first kappa shape index (κ1) is 10.5. The zero-order valence-corrected chi connectivity index (χ0v) is 7.78. The van der Waals surface area contributed by atoms with Crippen molar-refractivity contribution in [2.24, 2.45) is 0 Å². The second-order valence-electron chi connectivity index (χ2n) is 2.00. The van der Waals surface area contributed by atoms with Gasteiger partial charge in [0.1, 0.15) is 5.76 Å². The lowest BCUT2D eigenvalue weighted by Crippen LogP contribution is -1.80. The van der Waals surface area contributed by atoms with Gasteiger partial charge < -0.3 is 10.6 Å². The van der Waals surface area contributed by atoms with Gasteiger partial charge in [0.05, 0.1) is 11.4 Å². The van der Waals surface area contributed by atoms with Crippen molar-refractivity contribution in [2.75, 3.05) is 5.75 Å². The molecule has 0 aromatic carbocycles. The highest BCUT2D eigenvalue weighted by Gasteiger charge is 2.00. The lowest BCUT2D eigenvalue weighted by Gasteiger charge is -1.92. The van der Waals surface area contributed by atoms with E-state index in [0.717, 1.165) is 23.0 Å². The van der Waals surface area contributed by atoms with Crippen LogP contribution in [-0.2, 0) is 5.75 Å². The Kier molecular flexibility index (Phi) is 4.98. The van der Waals surface area contributed by atoms with Crippen molar-refractivity contribution in [2.45, 2.75) is 19.6 Å². The molecular formula is C7H14N2OS. The van der Waals surface area contributed by atoms with E-state index in [9.17, 15) is 0 Å². The van der Waals surface area contributed by atoms with E-state index >= 15 is 0 Å². The molecule has 3 N–H and O–H groups in total. The van der Waals surface area contributed by atoms with Crippen LogP contribution in [0.15, 0.2) is 10.8 Å². The summed E-state index contributed by atoms with van der Waals surface area (Å²) in [6, 6.07) is 0. The molecule has 64 valence electrons. The largest absolute Gasteiger partial charge is 0.447 e. The molecule has 4 heteroatoms. The molecule has 0 saturated heterocycles. The summed E-state index contributed by atoms with van der Waals surface area (Å²) in [5.41, 5.74) is 1.01. The van der Waals surface area contributed by atoms with Crippen LogP contribution in [0.25, 0.3) is 0 Å². The van der Waals surface area contributed by atoms with E-state index in [1.54, 1.807) is 0 Å². The SMILES string of the molecule is CCSCc1ocnc1C.N. The highest BCUT2D eigenvalue weighted by atomic mass is 32.2. The second-order valence-corrected chi connectivity index (χ2v) is 3.27. The summed E-state index contributed by atoms with van der Waals surface area (Å²) < 4.78 is 5.13. The molecule has 1 aromatic rings. The standard InChI is InChI=1S/C7H11NOS.H3N/c1-3-10-4-7-6(2)8-5-9-7;/h5H,3-4H2,1-2H3;1H3. The van der Waals surface area contributed by atoms with E-state index in [0.29, 0.717) is 0 Å². The van der Waals surface area contributed by atoms with E-state index in [2.05, 4.69) is 11.9 Å². The van der Waals surface area contributed by atoms with Gasteiger partial charge in [-0.25, -0.2) is 4.98 Å². The summed E-state index contributed by atoms with van der Waals surface area (Å²) in [4.78, 5) is 3.99. The zero-order valence-electron chi connectivity index (χ0n) is 6.96. The number of thioether (sulfide) groups is 1. The van der Waals surface area contributed by atoms with Gasteiger partial charge in [-0.2, -0.15) is 11.8 Å². The van der Waals surface area contributed by atoms with Crippen LogP contribution < -0.4 is 6.15 Å². The van der Waals surface area contributed by atoms with E-state index in [4.69, 9.17) is 4.42 Å². The third-order valence-electron chi connectivity index (χ3n) is 1.28. The van der Waals surface area contributed by atoms with Crippen LogP contribution in [-0.4, -0.2) is 10.7 Å². The molecule has 1 rings (SSSR count). The average Bonchev–Trinajstić information content (AvgIpc) is 2.31. The van der Waals surface area contributed by atoms with Gasteiger partial charge in [0.25, 0.3) is 0 Å². The van der Waals surface area contributed by atoms with Crippen molar-refractivity contribution in [3.8, 4) is 0 Å². The molecule has 0 aliphatic carbocycles. The van der Waals surface area contributed by atoms with E-state index < -0.39 is 0 Å². The van der Waals surface area contributed by atoms with Crippen LogP contribution in [0.4, 0.5) is 0 Å². The summed E-state index contributed by atoms with van der Waals surface area (Å²) in [7, 11) is 0. The lowest BCUT2D eigenvalue weighted by atomic mass is 10.4. The maximum Gasteiger partial charge on any atom is 0.181 e. The van der Waals surface area contributed by atoms with Crippen molar-refractivity contribution in [3.05, 3.63) is 17.8 Å². The van der Waals surface area contributed by atoms with E-state index in [-0.39, 0.29) is 6.15 Å². The van der Waals surface area contributed by atoms with Crippen molar-refractivity contribution < 1.29 is 4.42 Å². The number of rotatable bonds is 3. The average molecular weight is 174 g/mol. The number of nitrogens with zero attached hydrogens (tertiary/aromatic N) is 1. The van der Waals surface area contributed by atoms with Crippen LogP contribution in [0.2, 0.25) is 0 Å². The fraction of sp³-hybridized carbons (Fsp3) is 0.571. The fourth-order valence-corrected chi connectivity index (χ4v) is 1.33. The Labute approximate surface area is 71.2 Å². The molecule has 0 atom stereocenters. The zero-order chi connectivity index (χ0) is 7.40. The Balaban J connectivity index is 0.000001000. The molecule has 0 saturated carbocycles.